The lowest BCUT2D eigenvalue weighted by atomic mass is 9.94. The number of benzene rings is 2. The van der Waals surface area contributed by atoms with Crippen LogP contribution in [-0.2, 0) is 20.7 Å². The Morgan fingerprint density at radius 2 is 2.09 bits per heavy atom. The van der Waals surface area contributed by atoms with Crippen molar-refractivity contribution < 1.29 is 23.8 Å². The monoisotopic (exact) mass is 483 g/mol. The Morgan fingerprint density at radius 1 is 1.29 bits per heavy atom. The van der Waals surface area contributed by atoms with Crippen LogP contribution in [0.5, 0.6) is 0 Å². The first-order valence-electron chi connectivity index (χ1n) is 12.6. The van der Waals surface area contributed by atoms with Crippen LogP contribution in [0.4, 0.5) is 4.39 Å². The van der Waals surface area contributed by atoms with Gasteiger partial charge >= 0.3 is 5.97 Å². The molecular formula is C29H38FNO4. The van der Waals surface area contributed by atoms with Gasteiger partial charge in [0.15, 0.2) is 0 Å². The number of nitrogens with zero attached hydrogens (tertiary/aromatic N) is 1. The molecule has 0 amide bonds. The van der Waals surface area contributed by atoms with Gasteiger partial charge in [0.1, 0.15) is 5.82 Å². The van der Waals surface area contributed by atoms with E-state index in [0.717, 1.165) is 36.1 Å². The molecule has 1 aliphatic heterocycles. The van der Waals surface area contributed by atoms with Gasteiger partial charge in [-0.05, 0) is 68.4 Å². The van der Waals surface area contributed by atoms with Crippen molar-refractivity contribution in [3.63, 3.8) is 0 Å². The fourth-order valence-electron chi connectivity index (χ4n) is 4.35. The van der Waals surface area contributed by atoms with Crippen molar-refractivity contribution in [3.8, 4) is 0 Å². The highest BCUT2D eigenvalue weighted by Gasteiger charge is 2.29. The molecule has 0 aliphatic carbocycles. The molecule has 0 aromatic heterocycles. The summed E-state index contributed by atoms with van der Waals surface area (Å²) in [5.74, 6) is -0.350. The minimum absolute atomic E-state index is 0.162. The van der Waals surface area contributed by atoms with Gasteiger partial charge in [-0.2, -0.15) is 0 Å². The summed E-state index contributed by atoms with van der Waals surface area (Å²) in [6.07, 6.45) is 6.02. The molecule has 1 saturated heterocycles. The van der Waals surface area contributed by atoms with Crippen LogP contribution in [0.1, 0.15) is 61.5 Å². The number of hydrogen-bond donors (Lipinski definition) is 1. The number of aryl methyl sites for hydroxylation is 1. The summed E-state index contributed by atoms with van der Waals surface area (Å²) in [6, 6.07) is 13.7. The zero-order chi connectivity index (χ0) is 25.2. The summed E-state index contributed by atoms with van der Waals surface area (Å²) in [5.41, 5.74) is 3.73. The maximum Gasteiger partial charge on any atom is 0.306 e. The minimum atomic E-state index is -0.595. The smallest absolute Gasteiger partial charge is 0.306 e. The van der Waals surface area contributed by atoms with Crippen LogP contribution in [0.15, 0.2) is 48.5 Å². The third-order valence-electron chi connectivity index (χ3n) is 6.51. The topological polar surface area (TPSA) is 59.0 Å². The molecule has 1 fully saturated rings. The Bertz CT molecular complexity index is 992. The molecule has 1 N–H and O–H groups in total. The largest absolute Gasteiger partial charge is 0.466 e. The zero-order valence-corrected chi connectivity index (χ0v) is 21.1. The predicted molar refractivity (Wildman–Crippen MR) is 137 cm³/mol. The normalized spacial score (nSPS) is 17.8. The molecule has 0 spiro atoms. The summed E-state index contributed by atoms with van der Waals surface area (Å²) in [6.45, 7) is 7.68. The quantitative estimate of drug-likeness (QED) is 0.395. The van der Waals surface area contributed by atoms with Gasteiger partial charge in [0, 0.05) is 25.6 Å². The minimum Gasteiger partial charge on any atom is -0.466 e. The second-order valence-electron chi connectivity index (χ2n) is 9.23. The standard InChI is InChI=1S/C29H38FNO4/c1-4-34-29(33)12-8-6-10-24-9-5-7-11-27(24)22(3)35-20-26(32)19-31-16-15-25(31)17-23-14-13-21(2)28(30)18-23/h5-7,9-11,13-14,18,22,25-26,32H,4,8,12,15-17,19-20H2,1-3H3/t22-,25+,26-/m1/s1. The summed E-state index contributed by atoms with van der Waals surface area (Å²) in [5, 5.41) is 10.6. The van der Waals surface area contributed by atoms with Crippen molar-refractivity contribution in [2.45, 2.75) is 64.7 Å². The molecule has 3 rings (SSSR count). The van der Waals surface area contributed by atoms with Crippen LogP contribution < -0.4 is 0 Å². The first kappa shape index (κ1) is 27.1. The van der Waals surface area contributed by atoms with Crippen molar-refractivity contribution >= 4 is 12.0 Å². The van der Waals surface area contributed by atoms with Gasteiger partial charge in [-0.15, -0.1) is 0 Å². The van der Waals surface area contributed by atoms with Crippen molar-refractivity contribution in [3.05, 3.63) is 76.6 Å². The molecule has 0 radical (unpaired) electrons. The first-order valence-corrected chi connectivity index (χ1v) is 12.6. The lowest BCUT2D eigenvalue weighted by Gasteiger charge is -2.42. The van der Waals surface area contributed by atoms with Crippen molar-refractivity contribution in [1.29, 1.82) is 0 Å². The van der Waals surface area contributed by atoms with Crippen molar-refractivity contribution in [2.75, 3.05) is 26.3 Å². The molecule has 0 bridgehead atoms. The Balaban J connectivity index is 1.45. The van der Waals surface area contributed by atoms with Gasteiger partial charge in [0.2, 0.25) is 0 Å². The number of likely N-dealkylation sites (tertiary alicyclic amines) is 1. The van der Waals surface area contributed by atoms with Gasteiger partial charge < -0.3 is 14.6 Å². The number of aliphatic hydroxyl groups excluding tert-OH is 1. The van der Waals surface area contributed by atoms with Crippen LogP contribution in [-0.4, -0.2) is 54.4 Å². The highest BCUT2D eigenvalue weighted by Crippen LogP contribution is 2.25. The van der Waals surface area contributed by atoms with Gasteiger partial charge in [-0.1, -0.05) is 48.6 Å². The second kappa shape index (κ2) is 13.5. The average molecular weight is 484 g/mol. The van der Waals surface area contributed by atoms with E-state index in [9.17, 15) is 14.3 Å². The number of hydrogen-bond acceptors (Lipinski definition) is 5. The van der Waals surface area contributed by atoms with Crippen molar-refractivity contribution in [1.82, 2.24) is 4.90 Å². The summed E-state index contributed by atoms with van der Waals surface area (Å²) < 4.78 is 24.8. The molecule has 2 aromatic rings. The van der Waals surface area contributed by atoms with Gasteiger partial charge in [0.25, 0.3) is 0 Å². The average Bonchev–Trinajstić information content (AvgIpc) is 2.84. The maximum absolute atomic E-state index is 13.9. The number of carbonyl (C=O) groups excluding carboxylic acids is 1. The van der Waals surface area contributed by atoms with E-state index in [1.54, 1.807) is 19.9 Å². The Hall–Kier alpha value is -2.54. The number of allylic oxidation sites excluding steroid dienone is 1. The molecule has 0 saturated carbocycles. The fourth-order valence-corrected chi connectivity index (χ4v) is 4.35. The van der Waals surface area contributed by atoms with Gasteiger partial charge in [-0.3, -0.25) is 9.69 Å². The molecule has 5 nitrogen and oxygen atoms in total. The third kappa shape index (κ3) is 8.27. The summed E-state index contributed by atoms with van der Waals surface area (Å²) in [4.78, 5) is 13.7. The lowest BCUT2D eigenvalue weighted by molar-refractivity contribution is -0.142. The summed E-state index contributed by atoms with van der Waals surface area (Å²) in [7, 11) is 0. The summed E-state index contributed by atoms with van der Waals surface area (Å²) >= 11 is 0. The Kier molecular flexibility index (Phi) is 10.5. The van der Waals surface area contributed by atoms with Crippen molar-refractivity contribution in [2.24, 2.45) is 0 Å². The van der Waals surface area contributed by atoms with E-state index in [-0.39, 0.29) is 24.5 Å². The molecular weight excluding hydrogens is 445 g/mol. The number of rotatable bonds is 13. The SMILES string of the molecule is CCOC(=O)CCC=Cc1ccccc1[C@@H](C)OC[C@H](O)CN1CC[C@H]1Cc1ccc(C)c(F)c1. The van der Waals surface area contributed by atoms with E-state index in [1.807, 2.05) is 55.5 Å². The number of aliphatic hydroxyl groups is 1. The van der Waals surface area contributed by atoms with Crippen LogP contribution in [0.2, 0.25) is 0 Å². The molecule has 190 valence electrons. The van der Waals surface area contributed by atoms with E-state index in [2.05, 4.69) is 4.90 Å². The fraction of sp³-hybridized carbons (Fsp3) is 0.483. The highest BCUT2D eigenvalue weighted by atomic mass is 19.1. The maximum atomic E-state index is 13.9. The van der Waals surface area contributed by atoms with E-state index < -0.39 is 6.10 Å². The van der Waals surface area contributed by atoms with E-state index in [1.165, 1.54) is 0 Å². The molecule has 1 heterocycles. The molecule has 2 aromatic carbocycles. The van der Waals surface area contributed by atoms with Crippen LogP contribution in [0.3, 0.4) is 0 Å². The van der Waals surface area contributed by atoms with Crippen LogP contribution >= 0.6 is 0 Å². The van der Waals surface area contributed by atoms with Crippen LogP contribution in [0.25, 0.3) is 6.08 Å². The molecule has 0 unspecified atom stereocenters. The predicted octanol–water partition coefficient (Wildman–Crippen LogP) is 5.25. The van der Waals surface area contributed by atoms with E-state index in [4.69, 9.17) is 9.47 Å². The number of β-amino-alcohol motifs (C(OH)–C–C–N with tert-alkyl or cyclic N) is 1. The number of halogens is 1. The molecule has 1 aliphatic rings. The third-order valence-corrected chi connectivity index (χ3v) is 6.51. The Morgan fingerprint density at radius 3 is 2.80 bits per heavy atom. The second-order valence-corrected chi connectivity index (χ2v) is 9.23. The van der Waals surface area contributed by atoms with E-state index >= 15 is 0 Å². The highest BCUT2D eigenvalue weighted by molar-refractivity contribution is 5.69. The molecule has 35 heavy (non-hydrogen) atoms. The van der Waals surface area contributed by atoms with Gasteiger partial charge in [-0.25, -0.2) is 4.39 Å². The van der Waals surface area contributed by atoms with Gasteiger partial charge in [0.05, 0.1) is 25.4 Å². The van der Waals surface area contributed by atoms with E-state index in [0.29, 0.717) is 37.6 Å². The number of carbonyl (C=O) groups is 1. The zero-order valence-electron chi connectivity index (χ0n) is 21.1. The molecule has 6 heteroatoms. The number of esters is 1. The number of ether oxygens (including phenoxy) is 2. The first-order chi connectivity index (χ1) is 16.9. The van der Waals surface area contributed by atoms with Crippen LogP contribution in [0, 0.1) is 12.7 Å². The Labute approximate surface area is 208 Å². The lowest BCUT2D eigenvalue weighted by Crippen LogP contribution is -2.52. The molecule has 3 atom stereocenters.